The van der Waals surface area contributed by atoms with E-state index in [1.807, 2.05) is 0 Å². The molecule has 0 heterocycles. The normalized spacial score (nSPS) is 15.4. The summed E-state index contributed by atoms with van der Waals surface area (Å²) in [5.41, 5.74) is 0. The number of hydrogen-bond donors (Lipinski definition) is 4. The first-order chi connectivity index (χ1) is 9.02. The zero-order valence-corrected chi connectivity index (χ0v) is 11.1. The number of nitrogens with one attached hydrogen (secondary N) is 3. The first-order valence-corrected chi connectivity index (χ1v) is 6.56. The van der Waals surface area contributed by atoms with E-state index in [9.17, 15) is 14.4 Å². The van der Waals surface area contributed by atoms with Crippen LogP contribution < -0.4 is 16.0 Å². The lowest BCUT2D eigenvalue weighted by Crippen LogP contribution is -2.41. The summed E-state index contributed by atoms with van der Waals surface area (Å²) in [6, 6.07) is -0.124. The molecule has 3 amide bonds. The Morgan fingerprint density at radius 2 is 1.95 bits per heavy atom. The number of urea groups is 1. The fourth-order valence-corrected chi connectivity index (χ4v) is 1.50. The Morgan fingerprint density at radius 3 is 2.47 bits per heavy atom. The Labute approximate surface area is 112 Å². The second-order valence-electron chi connectivity index (χ2n) is 4.67. The number of carboxylic acids is 1. The second-order valence-corrected chi connectivity index (χ2v) is 4.67. The number of carboxylic acid groups (broad SMARTS) is 1. The van der Waals surface area contributed by atoms with Crippen molar-refractivity contribution < 1.29 is 19.5 Å². The molecule has 0 aliphatic heterocycles. The molecule has 7 nitrogen and oxygen atoms in total. The van der Waals surface area contributed by atoms with E-state index in [4.69, 9.17) is 5.11 Å². The van der Waals surface area contributed by atoms with Crippen LogP contribution >= 0.6 is 0 Å². The van der Waals surface area contributed by atoms with Crippen molar-refractivity contribution in [1.29, 1.82) is 0 Å². The predicted octanol–water partition coefficient (Wildman–Crippen LogP) is 0.0651. The van der Waals surface area contributed by atoms with Crippen molar-refractivity contribution in [2.75, 3.05) is 13.1 Å². The van der Waals surface area contributed by atoms with Crippen LogP contribution in [0, 0.1) is 5.92 Å². The SMILES string of the molecule is CCC(CNC(=O)NCCC(=O)NC1CC1)C(=O)O. The highest BCUT2D eigenvalue weighted by atomic mass is 16.4. The summed E-state index contributed by atoms with van der Waals surface area (Å²) in [5, 5.41) is 16.6. The zero-order chi connectivity index (χ0) is 14.3. The van der Waals surface area contributed by atoms with E-state index in [1.54, 1.807) is 6.92 Å². The van der Waals surface area contributed by atoms with Gasteiger partial charge in [0.1, 0.15) is 0 Å². The lowest BCUT2D eigenvalue weighted by atomic mass is 10.1. The first-order valence-electron chi connectivity index (χ1n) is 6.56. The van der Waals surface area contributed by atoms with Gasteiger partial charge in [0.15, 0.2) is 0 Å². The van der Waals surface area contributed by atoms with Crippen LogP contribution in [0.5, 0.6) is 0 Å². The molecule has 7 heteroatoms. The number of hydrogen-bond acceptors (Lipinski definition) is 3. The summed E-state index contributed by atoms with van der Waals surface area (Å²) >= 11 is 0. The molecule has 1 rings (SSSR count). The minimum absolute atomic E-state index is 0.0697. The third-order valence-corrected chi connectivity index (χ3v) is 2.93. The Kier molecular flexibility index (Phi) is 6.11. The molecule has 0 spiro atoms. The number of carbonyl (C=O) groups excluding carboxylic acids is 2. The van der Waals surface area contributed by atoms with E-state index in [2.05, 4.69) is 16.0 Å². The molecule has 108 valence electrons. The van der Waals surface area contributed by atoms with Gasteiger partial charge in [-0.25, -0.2) is 4.79 Å². The molecule has 0 radical (unpaired) electrons. The van der Waals surface area contributed by atoms with Crippen molar-refractivity contribution in [1.82, 2.24) is 16.0 Å². The second kappa shape index (κ2) is 7.60. The van der Waals surface area contributed by atoms with Gasteiger partial charge in [0.05, 0.1) is 5.92 Å². The van der Waals surface area contributed by atoms with E-state index in [-0.39, 0.29) is 25.4 Å². The highest BCUT2D eigenvalue weighted by Gasteiger charge is 2.22. The van der Waals surface area contributed by atoms with Crippen LogP contribution in [0.3, 0.4) is 0 Å². The van der Waals surface area contributed by atoms with Gasteiger partial charge < -0.3 is 21.1 Å². The van der Waals surface area contributed by atoms with Gasteiger partial charge in [0.25, 0.3) is 0 Å². The van der Waals surface area contributed by atoms with Crippen LogP contribution in [0.1, 0.15) is 32.6 Å². The van der Waals surface area contributed by atoms with Crippen molar-refractivity contribution >= 4 is 17.9 Å². The maximum Gasteiger partial charge on any atom is 0.314 e. The molecule has 0 aromatic heterocycles. The molecule has 1 fully saturated rings. The van der Waals surface area contributed by atoms with Gasteiger partial charge >= 0.3 is 12.0 Å². The standard InChI is InChI=1S/C12H21N3O4/c1-2-8(11(17)18)7-14-12(19)13-6-5-10(16)15-9-3-4-9/h8-9H,2-7H2,1H3,(H,15,16)(H,17,18)(H2,13,14,19). The molecule has 0 bridgehead atoms. The number of aliphatic carboxylic acids is 1. The minimum atomic E-state index is -0.924. The van der Waals surface area contributed by atoms with Gasteiger partial charge in [0.2, 0.25) is 5.91 Å². The maximum atomic E-state index is 11.4. The molecule has 1 unspecified atom stereocenters. The van der Waals surface area contributed by atoms with Gasteiger partial charge in [-0.15, -0.1) is 0 Å². The van der Waals surface area contributed by atoms with Crippen LogP contribution in [0.2, 0.25) is 0 Å². The van der Waals surface area contributed by atoms with Crippen molar-refractivity contribution in [3.8, 4) is 0 Å². The van der Waals surface area contributed by atoms with Gasteiger partial charge in [0, 0.05) is 25.6 Å². The van der Waals surface area contributed by atoms with Crippen molar-refractivity contribution in [3.05, 3.63) is 0 Å². The fraction of sp³-hybridized carbons (Fsp3) is 0.750. The Morgan fingerprint density at radius 1 is 1.26 bits per heavy atom. The van der Waals surface area contributed by atoms with Crippen molar-refractivity contribution in [2.45, 2.75) is 38.6 Å². The highest BCUT2D eigenvalue weighted by molar-refractivity contribution is 5.79. The third kappa shape index (κ3) is 6.64. The maximum absolute atomic E-state index is 11.4. The van der Waals surface area contributed by atoms with E-state index in [1.165, 1.54) is 0 Å². The summed E-state index contributed by atoms with van der Waals surface area (Å²) in [6.45, 7) is 2.08. The Balaban J connectivity index is 2.06. The lowest BCUT2D eigenvalue weighted by Gasteiger charge is -2.11. The lowest BCUT2D eigenvalue weighted by molar-refractivity contribution is -0.141. The Hall–Kier alpha value is -1.79. The molecule has 0 aromatic carbocycles. The van der Waals surface area contributed by atoms with Crippen LogP contribution in [0.4, 0.5) is 4.79 Å². The van der Waals surface area contributed by atoms with Crippen LogP contribution in [0.15, 0.2) is 0 Å². The van der Waals surface area contributed by atoms with Crippen LogP contribution in [-0.2, 0) is 9.59 Å². The number of amides is 3. The Bertz CT molecular complexity index is 342. The summed E-state index contributed by atoms with van der Waals surface area (Å²) in [5.74, 6) is -1.57. The summed E-state index contributed by atoms with van der Waals surface area (Å²) in [4.78, 5) is 33.4. The van der Waals surface area contributed by atoms with E-state index >= 15 is 0 Å². The molecule has 19 heavy (non-hydrogen) atoms. The summed E-state index contributed by atoms with van der Waals surface area (Å²) in [7, 11) is 0. The largest absolute Gasteiger partial charge is 0.481 e. The van der Waals surface area contributed by atoms with Crippen LogP contribution in [-0.4, -0.2) is 42.1 Å². The van der Waals surface area contributed by atoms with Crippen molar-refractivity contribution in [3.63, 3.8) is 0 Å². The van der Waals surface area contributed by atoms with Gasteiger partial charge in [-0.1, -0.05) is 6.92 Å². The monoisotopic (exact) mass is 271 g/mol. The highest BCUT2D eigenvalue weighted by Crippen LogP contribution is 2.18. The molecule has 0 aromatic rings. The molecular weight excluding hydrogens is 250 g/mol. The van der Waals surface area contributed by atoms with E-state index in [0.29, 0.717) is 12.5 Å². The molecule has 1 saturated carbocycles. The fourth-order valence-electron chi connectivity index (χ4n) is 1.50. The molecular formula is C12H21N3O4. The first kappa shape index (κ1) is 15.3. The summed E-state index contributed by atoms with van der Waals surface area (Å²) in [6.07, 6.45) is 2.76. The molecule has 1 aliphatic carbocycles. The molecule has 1 aliphatic rings. The summed E-state index contributed by atoms with van der Waals surface area (Å²) < 4.78 is 0. The van der Waals surface area contributed by atoms with Gasteiger partial charge in [-0.2, -0.15) is 0 Å². The molecule has 0 saturated heterocycles. The molecule has 1 atom stereocenters. The van der Waals surface area contributed by atoms with Crippen LogP contribution in [0.25, 0.3) is 0 Å². The van der Waals surface area contributed by atoms with Crippen molar-refractivity contribution in [2.24, 2.45) is 5.92 Å². The molecule has 4 N–H and O–H groups in total. The predicted molar refractivity (Wildman–Crippen MR) is 68.6 cm³/mol. The third-order valence-electron chi connectivity index (χ3n) is 2.93. The van der Waals surface area contributed by atoms with E-state index in [0.717, 1.165) is 12.8 Å². The van der Waals surface area contributed by atoms with Gasteiger partial charge in [-0.05, 0) is 19.3 Å². The number of rotatable bonds is 8. The smallest absolute Gasteiger partial charge is 0.314 e. The van der Waals surface area contributed by atoms with E-state index < -0.39 is 17.9 Å². The zero-order valence-electron chi connectivity index (χ0n) is 11.1. The quantitative estimate of drug-likeness (QED) is 0.501. The van der Waals surface area contributed by atoms with Gasteiger partial charge in [-0.3, -0.25) is 9.59 Å². The number of carbonyl (C=O) groups is 3. The average molecular weight is 271 g/mol. The minimum Gasteiger partial charge on any atom is -0.481 e. The topological polar surface area (TPSA) is 108 Å². The average Bonchev–Trinajstić information content (AvgIpc) is 3.13.